The smallest absolute Gasteiger partial charge is 0.326 e. The molecule has 31 heteroatoms. The Morgan fingerprint density at radius 2 is 1.06 bits per heavy atom. The molecule has 5 rings (SSSR count). The molecule has 506 valence electrons. The maximum absolute atomic E-state index is 15.0. The van der Waals surface area contributed by atoms with Gasteiger partial charge in [0.1, 0.15) is 66.2 Å². The number of aromatic nitrogens is 1. The van der Waals surface area contributed by atoms with Crippen molar-refractivity contribution >= 4 is 107 Å². The molecule has 10 amide bonds. The van der Waals surface area contributed by atoms with Crippen molar-refractivity contribution in [2.75, 3.05) is 24.6 Å². The number of nitrogens with zero attached hydrogens (tertiary/aromatic N) is 1. The van der Waals surface area contributed by atoms with Crippen LogP contribution in [0.1, 0.15) is 82.9 Å². The van der Waals surface area contributed by atoms with Gasteiger partial charge in [-0.1, -0.05) is 74.5 Å². The number of nitrogens with two attached hydrogens (primary N) is 2. The number of rotatable bonds is 36. The van der Waals surface area contributed by atoms with Crippen molar-refractivity contribution in [1.82, 2.24) is 57.7 Å². The molecule has 0 spiro atoms. The second-order valence-corrected chi connectivity index (χ2v) is 23.8. The number of amides is 10. The molecule has 1 saturated heterocycles. The number of aliphatic hydroxyl groups excluding tert-OH is 1. The highest BCUT2D eigenvalue weighted by atomic mass is 32.1. The number of phenolic OH excluding ortho intramolecular Hbond substituents is 1. The maximum atomic E-state index is 15.0. The largest absolute Gasteiger partial charge is 0.508 e. The molecule has 1 aliphatic rings. The third-order valence-corrected chi connectivity index (χ3v) is 16.1. The molecule has 1 aliphatic heterocycles. The number of carbonyl (C=O) groups is 12. The number of para-hydroxylation sites is 1. The molecule has 0 saturated carbocycles. The minimum atomic E-state index is -1.85. The summed E-state index contributed by atoms with van der Waals surface area (Å²) in [6, 6.07) is 5.22. The third kappa shape index (κ3) is 22.5. The first-order chi connectivity index (χ1) is 44.2. The molecule has 2 heterocycles. The lowest BCUT2D eigenvalue weighted by Crippen LogP contribution is -2.61. The molecule has 12 atom stereocenters. The monoisotopic (exact) mass is 1330 g/mol. The van der Waals surface area contributed by atoms with Gasteiger partial charge in [-0.15, -0.1) is 0 Å². The maximum Gasteiger partial charge on any atom is 0.326 e. The number of hydrogen-bond acceptors (Lipinski definition) is 18. The van der Waals surface area contributed by atoms with Gasteiger partial charge in [-0.25, -0.2) is 4.79 Å². The van der Waals surface area contributed by atoms with E-state index in [2.05, 4.69) is 78.1 Å². The average molecular weight is 1330 g/mol. The van der Waals surface area contributed by atoms with Gasteiger partial charge in [0.15, 0.2) is 0 Å². The van der Waals surface area contributed by atoms with E-state index < -0.39 is 162 Å². The molecular formula is C62H85N13O16S2. The number of hydrogen-bond donors (Lipinski definition) is 18. The normalized spacial score (nSPS) is 16.5. The number of carboxylic acid groups (broad SMARTS) is 2. The molecule has 29 nitrogen and oxygen atoms in total. The molecular weight excluding hydrogens is 1250 g/mol. The molecule has 0 radical (unpaired) electrons. The van der Waals surface area contributed by atoms with Crippen LogP contribution in [0.3, 0.4) is 0 Å². The minimum absolute atomic E-state index is 0.000726. The lowest BCUT2D eigenvalue weighted by atomic mass is 10.0. The number of aliphatic hydroxyl groups is 1. The van der Waals surface area contributed by atoms with Crippen molar-refractivity contribution in [1.29, 1.82) is 0 Å². The molecule has 1 fully saturated rings. The van der Waals surface area contributed by atoms with Crippen molar-refractivity contribution in [3.8, 4) is 5.75 Å². The van der Waals surface area contributed by atoms with Crippen LogP contribution in [0, 0.1) is 5.92 Å². The van der Waals surface area contributed by atoms with Crippen LogP contribution in [0.5, 0.6) is 5.75 Å². The Kier molecular flexibility index (Phi) is 29.4. The van der Waals surface area contributed by atoms with Crippen LogP contribution in [0.4, 0.5) is 0 Å². The fourth-order valence-electron chi connectivity index (χ4n) is 10.2. The first kappa shape index (κ1) is 74.9. The summed E-state index contributed by atoms with van der Waals surface area (Å²) in [6.45, 7) is 5.97. The van der Waals surface area contributed by atoms with Crippen LogP contribution in [0.2, 0.25) is 0 Å². The summed E-state index contributed by atoms with van der Waals surface area (Å²) in [6.07, 6.45) is -0.510. The van der Waals surface area contributed by atoms with Gasteiger partial charge < -0.3 is 89.6 Å². The molecule has 3 aromatic carbocycles. The number of H-pyrrole nitrogens is 1. The van der Waals surface area contributed by atoms with Crippen LogP contribution in [0.25, 0.3) is 10.9 Å². The number of aromatic amines is 1. The first-order valence-electron chi connectivity index (χ1n) is 30.4. The van der Waals surface area contributed by atoms with E-state index in [0.29, 0.717) is 34.0 Å². The van der Waals surface area contributed by atoms with Gasteiger partial charge in [0, 0.05) is 54.4 Å². The number of carbonyl (C=O) groups excluding carboxylic acids is 10. The second kappa shape index (κ2) is 36.5. The number of aromatic hydroxyl groups is 1. The molecule has 0 aliphatic carbocycles. The first-order valence-corrected chi connectivity index (χ1v) is 31.6. The van der Waals surface area contributed by atoms with Gasteiger partial charge >= 0.3 is 11.9 Å². The summed E-state index contributed by atoms with van der Waals surface area (Å²) in [5, 5.41) is 63.7. The van der Waals surface area contributed by atoms with Crippen molar-refractivity contribution < 1.29 is 78.0 Å². The topological polar surface area (TPSA) is 465 Å². The van der Waals surface area contributed by atoms with E-state index in [1.54, 1.807) is 74.6 Å². The van der Waals surface area contributed by atoms with E-state index in [1.165, 1.54) is 38.1 Å². The Morgan fingerprint density at radius 1 is 0.581 bits per heavy atom. The molecule has 18 N–H and O–H groups in total. The third-order valence-electron chi connectivity index (χ3n) is 15.4. The van der Waals surface area contributed by atoms with Crippen LogP contribution in [-0.2, 0) is 76.8 Å². The summed E-state index contributed by atoms with van der Waals surface area (Å²) in [5.41, 5.74) is 13.7. The van der Waals surface area contributed by atoms with Gasteiger partial charge in [0.25, 0.3) is 0 Å². The number of nitrogens with one attached hydrogen (secondary N) is 10. The lowest BCUT2D eigenvalue weighted by Gasteiger charge is -2.31. The van der Waals surface area contributed by atoms with Crippen LogP contribution in [-0.4, -0.2) is 198 Å². The molecule has 1 aromatic heterocycles. The number of phenols is 1. The summed E-state index contributed by atoms with van der Waals surface area (Å²) in [7, 11) is 0. The number of carboxylic acids is 2. The second-order valence-electron chi connectivity index (χ2n) is 23.1. The Hall–Kier alpha value is -8.78. The fraction of sp³-hybridized carbons (Fsp3) is 0.484. The van der Waals surface area contributed by atoms with Gasteiger partial charge in [0.05, 0.1) is 18.6 Å². The van der Waals surface area contributed by atoms with E-state index in [0.717, 1.165) is 4.90 Å². The molecule has 4 aromatic rings. The van der Waals surface area contributed by atoms with Gasteiger partial charge in [-0.05, 0) is 93.3 Å². The molecule has 93 heavy (non-hydrogen) atoms. The zero-order chi connectivity index (χ0) is 68.6. The lowest BCUT2D eigenvalue weighted by molar-refractivity contribution is -0.145. The number of aliphatic carboxylic acids is 2. The van der Waals surface area contributed by atoms with Gasteiger partial charge in [-0.3, -0.25) is 52.7 Å². The average Bonchev–Trinajstić information content (AvgIpc) is 1.76. The Bertz CT molecular complexity index is 3260. The predicted octanol–water partition coefficient (Wildman–Crippen LogP) is -1.81. The number of thiol groups is 2. The molecule has 0 bridgehead atoms. The summed E-state index contributed by atoms with van der Waals surface area (Å²) in [4.78, 5) is 169. The number of fused-ring (bicyclic) bond motifs is 1. The van der Waals surface area contributed by atoms with Crippen LogP contribution in [0.15, 0.2) is 85.1 Å². The zero-order valence-electron chi connectivity index (χ0n) is 52.0. The minimum Gasteiger partial charge on any atom is -0.508 e. The van der Waals surface area contributed by atoms with E-state index in [4.69, 9.17) is 11.5 Å². The van der Waals surface area contributed by atoms with Crippen molar-refractivity contribution in [2.24, 2.45) is 17.4 Å². The van der Waals surface area contributed by atoms with E-state index in [-0.39, 0.29) is 69.5 Å². The van der Waals surface area contributed by atoms with Gasteiger partial charge in [0.2, 0.25) is 59.1 Å². The fourth-order valence-corrected chi connectivity index (χ4v) is 10.7. The van der Waals surface area contributed by atoms with Crippen LogP contribution >= 0.6 is 25.3 Å². The summed E-state index contributed by atoms with van der Waals surface area (Å²) >= 11 is 8.53. The van der Waals surface area contributed by atoms with Crippen molar-refractivity contribution in [3.05, 3.63) is 102 Å². The SMILES string of the molecule is CC(C)[C@H](NC(=O)[C@H](CS)NC(=O)[C@H](Cc1ccc(O)cc1)NC(=O)[C@H](CCCCN)NC(=O)[C@H](Cc1c[nH]c2ccccc12)NC(=O)[C@H](Cc1ccccc1)NC(=O)[C@H](CS)NC(=O)[C@H](CC(=O)O)NC(=O)[C@H]1CCCN1C(=O)[C@@H](NC(=O)[C@H](C)N)[C@@H](C)O)C(=O)O. The van der Waals surface area contributed by atoms with E-state index >= 15 is 4.79 Å². The Balaban J connectivity index is 1.43. The molecule has 0 unspecified atom stereocenters. The van der Waals surface area contributed by atoms with Crippen LogP contribution < -0.4 is 59.3 Å². The van der Waals surface area contributed by atoms with Crippen molar-refractivity contribution in [2.45, 2.75) is 158 Å². The Labute approximate surface area is 548 Å². The highest BCUT2D eigenvalue weighted by Crippen LogP contribution is 2.22. The number of benzene rings is 3. The highest BCUT2D eigenvalue weighted by molar-refractivity contribution is 7.80. The van der Waals surface area contributed by atoms with Crippen molar-refractivity contribution in [3.63, 3.8) is 0 Å². The van der Waals surface area contributed by atoms with E-state index in [9.17, 15) is 73.2 Å². The van der Waals surface area contributed by atoms with E-state index in [1.807, 2.05) is 0 Å². The quantitative estimate of drug-likeness (QED) is 0.0176. The number of likely N-dealkylation sites (tertiary alicyclic amines) is 1. The number of unbranched alkanes of at least 4 members (excludes halogenated alkanes) is 1. The summed E-state index contributed by atoms with van der Waals surface area (Å²) < 4.78 is 0. The highest BCUT2D eigenvalue weighted by Gasteiger charge is 2.42. The predicted molar refractivity (Wildman–Crippen MR) is 347 cm³/mol. The van der Waals surface area contributed by atoms with Gasteiger partial charge in [-0.2, -0.15) is 25.3 Å². The summed E-state index contributed by atoms with van der Waals surface area (Å²) in [5.74, 6) is -13.4. The standard InChI is InChI=1S/C62H85N13O16S2/c1-32(2)50(62(90)91)73-59(87)47(31-93)72-55(83)43(26-36-19-21-38(77)22-20-36)67-53(81)41(17-10-11-23-63)66-56(84)44(27-37-29-65-40-16-9-8-15-39(37)40)69-54(82)42(25-35-13-6-5-7-14-35)68-58(86)46(30-92)71-57(85)45(28-49(78)79)70-60(88)48-18-12-24-75(48)61(89)51(34(4)76)74-52(80)33(3)64/h5-9,13-16,19-22,29,32-34,41-48,50-51,65,76-77,92-93H,10-12,17-18,23-28,30-31,63-64H2,1-4H3,(H,66,84)(H,67,81)(H,68,86)(H,69,82)(H,70,88)(H,71,85)(H,72,83)(H,73,87)(H,74,80)(H,78,79)(H,90,91)/t33-,34+,41-,42-,43-,44-,45-,46-,47-,48+,50-,51-/m0/s1. The Morgan fingerprint density at radius 3 is 1.59 bits per heavy atom. The zero-order valence-corrected chi connectivity index (χ0v) is 53.8.